The van der Waals surface area contributed by atoms with Crippen LogP contribution in [0.15, 0.2) is 41.2 Å². The second-order valence-corrected chi connectivity index (χ2v) is 9.70. The molecule has 4 heterocycles. The van der Waals surface area contributed by atoms with Crippen molar-refractivity contribution in [2.75, 3.05) is 18.4 Å². The molecular formula is C23H22ClFN6O2S. The van der Waals surface area contributed by atoms with Gasteiger partial charge in [-0.15, -0.1) is 11.3 Å². The van der Waals surface area contributed by atoms with Crippen molar-refractivity contribution in [2.45, 2.75) is 32.4 Å². The third kappa shape index (κ3) is 5.03. The van der Waals surface area contributed by atoms with Crippen LogP contribution in [0.25, 0.3) is 10.2 Å². The van der Waals surface area contributed by atoms with Gasteiger partial charge in [0.2, 0.25) is 0 Å². The van der Waals surface area contributed by atoms with Crippen LogP contribution in [0.1, 0.15) is 34.0 Å². The van der Waals surface area contributed by atoms with Crippen molar-refractivity contribution in [2.24, 2.45) is 0 Å². The van der Waals surface area contributed by atoms with E-state index < -0.39 is 5.82 Å². The number of nitrogens with zero attached hydrogens (tertiary/aromatic N) is 4. The maximum Gasteiger partial charge on any atom is 0.261 e. The number of likely N-dealkylation sites (tertiary alicyclic amines) is 1. The van der Waals surface area contributed by atoms with E-state index >= 15 is 0 Å². The van der Waals surface area contributed by atoms with Gasteiger partial charge in [0.1, 0.15) is 28.6 Å². The summed E-state index contributed by atoms with van der Waals surface area (Å²) in [5.41, 5.74) is 1.52. The van der Waals surface area contributed by atoms with Crippen LogP contribution < -0.4 is 10.6 Å². The topological polar surface area (TPSA) is 96.2 Å². The van der Waals surface area contributed by atoms with Gasteiger partial charge in [0.15, 0.2) is 0 Å². The monoisotopic (exact) mass is 500 g/mol. The average Bonchev–Trinajstić information content (AvgIpc) is 3.44. The number of halogens is 2. The van der Waals surface area contributed by atoms with Crippen molar-refractivity contribution in [3.63, 3.8) is 0 Å². The molecule has 1 saturated heterocycles. The first-order valence-corrected chi connectivity index (χ1v) is 12.1. The molecule has 1 aliphatic heterocycles. The molecule has 5 rings (SSSR count). The quantitative estimate of drug-likeness (QED) is 0.388. The highest BCUT2D eigenvalue weighted by atomic mass is 35.5. The Morgan fingerprint density at radius 1 is 1.26 bits per heavy atom. The Morgan fingerprint density at radius 3 is 2.82 bits per heavy atom. The van der Waals surface area contributed by atoms with Crippen molar-refractivity contribution >= 4 is 50.6 Å². The lowest BCUT2D eigenvalue weighted by molar-refractivity contribution is 0.0912. The lowest BCUT2D eigenvalue weighted by Gasteiger charge is -2.31. The van der Waals surface area contributed by atoms with Gasteiger partial charge < -0.3 is 15.2 Å². The fraction of sp³-hybridized carbons (Fsp3) is 0.304. The predicted octanol–water partition coefficient (Wildman–Crippen LogP) is 4.92. The summed E-state index contributed by atoms with van der Waals surface area (Å²) in [6, 6.07) is 8.19. The molecule has 34 heavy (non-hydrogen) atoms. The number of carbonyl (C=O) groups excluding carboxylic acids is 1. The minimum absolute atomic E-state index is 0.0166. The summed E-state index contributed by atoms with van der Waals surface area (Å²) >= 11 is 7.19. The highest BCUT2D eigenvalue weighted by Crippen LogP contribution is 2.31. The number of rotatable bonds is 6. The highest BCUT2D eigenvalue weighted by Gasteiger charge is 2.23. The lowest BCUT2D eigenvalue weighted by Crippen LogP contribution is -2.44. The van der Waals surface area contributed by atoms with E-state index in [1.165, 1.54) is 29.8 Å². The van der Waals surface area contributed by atoms with Gasteiger partial charge in [-0.25, -0.2) is 14.4 Å². The summed E-state index contributed by atoms with van der Waals surface area (Å²) in [7, 11) is 0. The number of anilines is 2. The summed E-state index contributed by atoms with van der Waals surface area (Å²) in [5, 5.41) is 11.1. The van der Waals surface area contributed by atoms with Crippen LogP contribution in [-0.4, -0.2) is 45.1 Å². The van der Waals surface area contributed by atoms with Gasteiger partial charge in [0.05, 0.1) is 21.0 Å². The van der Waals surface area contributed by atoms with Crippen LogP contribution in [0.5, 0.6) is 0 Å². The fourth-order valence-electron chi connectivity index (χ4n) is 3.99. The number of piperidine rings is 1. The van der Waals surface area contributed by atoms with Gasteiger partial charge in [-0.05, 0) is 44.0 Å². The van der Waals surface area contributed by atoms with Gasteiger partial charge in [-0.1, -0.05) is 16.8 Å². The van der Waals surface area contributed by atoms with Crippen LogP contribution in [0.4, 0.5) is 15.9 Å². The number of carbonyl (C=O) groups is 1. The van der Waals surface area contributed by atoms with E-state index in [1.807, 2.05) is 13.0 Å². The SMILES string of the molecule is Cc1cc(CN2CCC(NC(=O)c3cc4c(Nc5ccc(F)c(Cl)c5)ncnc4s3)CC2)no1. The zero-order valence-electron chi connectivity index (χ0n) is 18.3. The van der Waals surface area contributed by atoms with Gasteiger partial charge in [-0.3, -0.25) is 9.69 Å². The first-order valence-electron chi connectivity index (χ1n) is 10.9. The van der Waals surface area contributed by atoms with E-state index in [2.05, 4.69) is 30.7 Å². The summed E-state index contributed by atoms with van der Waals surface area (Å²) in [6.45, 7) is 4.39. The molecule has 1 fully saturated rings. The molecule has 1 aliphatic rings. The number of nitrogens with one attached hydrogen (secondary N) is 2. The Kier molecular flexibility index (Phi) is 6.44. The molecule has 0 bridgehead atoms. The summed E-state index contributed by atoms with van der Waals surface area (Å²) in [6.07, 6.45) is 3.16. The van der Waals surface area contributed by atoms with Gasteiger partial charge in [0.25, 0.3) is 5.91 Å². The van der Waals surface area contributed by atoms with Crippen LogP contribution in [-0.2, 0) is 6.54 Å². The molecule has 0 saturated carbocycles. The molecule has 2 N–H and O–H groups in total. The molecule has 4 aromatic rings. The molecule has 3 aromatic heterocycles. The van der Waals surface area contributed by atoms with E-state index in [1.54, 1.807) is 12.1 Å². The van der Waals surface area contributed by atoms with Crippen LogP contribution in [0.3, 0.4) is 0 Å². The molecule has 0 aliphatic carbocycles. The van der Waals surface area contributed by atoms with Crippen LogP contribution in [0.2, 0.25) is 5.02 Å². The summed E-state index contributed by atoms with van der Waals surface area (Å²) < 4.78 is 18.6. The largest absolute Gasteiger partial charge is 0.361 e. The van der Waals surface area contributed by atoms with Crippen molar-refractivity contribution in [1.82, 2.24) is 25.3 Å². The molecule has 0 spiro atoms. The average molecular weight is 501 g/mol. The Bertz CT molecular complexity index is 1330. The number of amides is 1. The second kappa shape index (κ2) is 9.65. The molecule has 1 amide bonds. The Morgan fingerprint density at radius 2 is 2.09 bits per heavy atom. The highest BCUT2D eigenvalue weighted by molar-refractivity contribution is 7.20. The molecule has 0 radical (unpaired) electrons. The third-order valence-corrected chi connectivity index (χ3v) is 7.05. The number of aromatic nitrogens is 3. The first-order chi connectivity index (χ1) is 16.4. The molecule has 11 heteroatoms. The minimum atomic E-state index is -0.492. The molecule has 0 unspecified atom stereocenters. The summed E-state index contributed by atoms with van der Waals surface area (Å²) in [5.74, 6) is 0.724. The predicted molar refractivity (Wildman–Crippen MR) is 129 cm³/mol. The van der Waals surface area contributed by atoms with E-state index in [4.69, 9.17) is 16.1 Å². The number of hydrogen-bond donors (Lipinski definition) is 2. The van der Waals surface area contributed by atoms with Gasteiger partial charge >= 0.3 is 0 Å². The second-order valence-electron chi connectivity index (χ2n) is 8.26. The van der Waals surface area contributed by atoms with Crippen LogP contribution in [0, 0.1) is 12.7 Å². The number of aryl methyl sites for hydroxylation is 1. The maximum absolute atomic E-state index is 13.5. The maximum atomic E-state index is 13.5. The number of benzene rings is 1. The Labute approximate surface area is 204 Å². The molecule has 176 valence electrons. The van der Waals surface area contributed by atoms with Crippen molar-refractivity contribution < 1.29 is 13.7 Å². The number of thiophene rings is 1. The number of hydrogen-bond acceptors (Lipinski definition) is 8. The fourth-order valence-corrected chi connectivity index (χ4v) is 5.07. The smallest absolute Gasteiger partial charge is 0.261 e. The van der Waals surface area contributed by atoms with Crippen molar-refractivity contribution in [3.8, 4) is 0 Å². The standard InChI is InChI=1S/C23H22ClFN6O2S/c1-13-8-16(30-33-13)11-31-6-4-14(5-7-31)29-22(32)20-10-17-21(26-12-27-23(17)34-20)28-15-2-3-19(25)18(24)9-15/h2-3,8-10,12,14H,4-7,11H2,1H3,(H,29,32)(H,26,27,28). The Hall–Kier alpha value is -3.08. The normalized spacial score (nSPS) is 15.0. The summed E-state index contributed by atoms with van der Waals surface area (Å²) in [4.78, 5) is 25.1. The molecular weight excluding hydrogens is 479 g/mol. The lowest BCUT2D eigenvalue weighted by atomic mass is 10.0. The number of fused-ring (bicyclic) bond motifs is 1. The molecule has 8 nitrogen and oxygen atoms in total. The van der Waals surface area contributed by atoms with E-state index in [0.717, 1.165) is 49.3 Å². The zero-order valence-corrected chi connectivity index (χ0v) is 19.9. The zero-order chi connectivity index (χ0) is 23.7. The van der Waals surface area contributed by atoms with E-state index in [-0.39, 0.29) is 17.0 Å². The minimum Gasteiger partial charge on any atom is -0.361 e. The van der Waals surface area contributed by atoms with E-state index in [0.29, 0.717) is 21.2 Å². The first kappa shape index (κ1) is 22.7. The van der Waals surface area contributed by atoms with Crippen molar-refractivity contribution in [3.05, 3.63) is 63.8 Å². The van der Waals surface area contributed by atoms with Gasteiger partial charge in [-0.2, -0.15) is 0 Å². The van der Waals surface area contributed by atoms with Gasteiger partial charge in [0, 0.05) is 37.4 Å². The van der Waals surface area contributed by atoms with E-state index in [9.17, 15) is 9.18 Å². The Balaban J connectivity index is 1.22. The molecule has 1 aromatic carbocycles. The third-order valence-electron chi connectivity index (χ3n) is 5.72. The van der Waals surface area contributed by atoms with Crippen LogP contribution >= 0.6 is 22.9 Å². The van der Waals surface area contributed by atoms with Crippen molar-refractivity contribution in [1.29, 1.82) is 0 Å². The molecule has 0 atom stereocenters.